The van der Waals surface area contributed by atoms with Gasteiger partial charge in [-0.15, -0.1) is 0 Å². The van der Waals surface area contributed by atoms with Gasteiger partial charge in [0.2, 0.25) is 0 Å². The van der Waals surface area contributed by atoms with Crippen LogP contribution in [0.25, 0.3) is 10.9 Å². The molecule has 1 N–H and O–H groups in total. The number of hydrogen-bond donors (Lipinski definition) is 1. The number of methoxy groups -OCH3 is 1. The summed E-state index contributed by atoms with van der Waals surface area (Å²) in [6, 6.07) is 3.85. The lowest BCUT2D eigenvalue weighted by Gasteiger charge is -2.08. The lowest BCUT2D eigenvalue weighted by Crippen LogP contribution is -2.16. The second kappa shape index (κ2) is 4.02. The average molecular weight is 250 g/mol. The van der Waals surface area contributed by atoms with Crippen LogP contribution in [0.1, 0.15) is 0 Å². The van der Waals surface area contributed by atoms with Gasteiger partial charge in [-0.05, 0) is 6.07 Å². The SMILES string of the molecule is COc1cc2c(cc1[N+](=O)[O-])cc(O)c(=O)n2C. The standard InChI is InChI=1S/C11H10N2O5/c1-12-7-5-10(18-2)8(13(16)17)3-6(7)4-9(14)11(12)15/h3-5,14H,1-2H3. The molecule has 1 aromatic carbocycles. The molecule has 0 aliphatic carbocycles. The Labute approximate surface area is 101 Å². The van der Waals surface area contributed by atoms with E-state index in [1.165, 1.54) is 36.9 Å². The Hall–Kier alpha value is -2.57. The smallest absolute Gasteiger partial charge is 0.311 e. The van der Waals surface area contributed by atoms with Gasteiger partial charge in [0.15, 0.2) is 11.5 Å². The van der Waals surface area contributed by atoms with Crippen molar-refractivity contribution in [2.24, 2.45) is 7.05 Å². The van der Waals surface area contributed by atoms with Crippen LogP contribution in [0.15, 0.2) is 23.0 Å². The number of nitro benzene ring substituents is 1. The fourth-order valence-electron chi connectivity index (χ4n) is 1.78. The lowest BCUT2D eigenvalue weighted by atomic mass is 10.1. The Morgan fingerprint density at radius 2 is 2.06 bits per heavy atom. The van der Waals surface area contributed by atoms with Crippen LogP contribution in [-0.2, 0) is 7.05 Å². The van der Waals surface area contributed by atoms with Gasteiger partial charge in [0, 0.05) is 24.6 Å². The first-order valence-corrected chi connectivity index (χ1v) is 5.01. The zero-order valence-corrected chi connectivity index (χ0v) is 9.71. The monoisotopic (exact) mass is 250 g/mol. The van der Waals surface area contributed by atoms with Crippen molar-refractivity contribution in [3.63, 3.8) is 0 Å². The number of nitrogens with zero attached hydrogens (tertiary/aromatic N) is 2. The minimum Gasteiger partial charge on any atom is -0.503 e. The highest BCUT2D eigenvalue weighted by atomic mass is 16.6. The molecule has 7 nitrogen and oxygen atoms in total. The molecular weight excluding hydrogens is 240 g/mol. The van der Waals surface area contributed by atoms with Gasteiger partial charge < -0.3 is 14.4 Å². The van der Waals surface area contributed by atoms with Crippen molar-refractivity contribution >= 4 is 16.6 Å². The van der Waals surface area contributed by atoms with Crippen molar-refractivity contribution in [2.45, 2.75) is 0 Å². The van der Waals surface area contributed by atoms with Crippen molar-refractivity contribution in [1.29, 1.82) is 0 Å². The Morgan fingerprint density at radius 3 is 2.61 bits per heavy atom. The number of hydrogen-bond acceptors (Lipinski definition) is 5. The summed E-state index contributed by atoms with van der Waals surface area (Å²) >= 11 is 0. The molecule has 0 aliphatic rings. The predicted octanol–water partition coefficient (Wildman–Crippen LogP) is 1.16. The van der Waals surface area contributed by atoms with Crippen LogP contribution in [0, 0.1) is 10.1 Å². The van der Waals surface area contributed by atoms with Gasteiger partial charge in [-0.2, -0.15) is 0 Å². The van der Waals surface area contributed by atoms with E-state index in [0.29, 0.717) is 10.9 Å². The summed E-state index contributed by atoms with van der Waals surface area (Å²) in [6.45, 7) is 0. The van der Waals surface area contributed by atoms with Gasteiger partial charge in [0.05, 0.1) is 17.5 Å². The number of nitro groups is 1. The summed E-state index contributed by atoms with van der Waals surface area (Å²) in [5.74, 6) is -0.391. The van der Waals surface area contributed by atoms with E-state index in [1.54, 1.807) is 0 Å². The zero-order valence-electron chi connectivity index (χ0n) is 9.71. The quantitative estimate of drug-likeness (QED) is 0.637. The molecule has 0 atom stereocenters. The number of aryl methyl sites for hydroxylation is 1. The molecule has 2 rings (SSSR count). The fraction of sp³-hybridized carbons (Fsp3) is 0.182. The maximum absolute atomic E-state index is 11.5. The second-order valence-corrected chi connectivity index (χ2v) is 3.73. The molecule has 0 fully saturated rings. The summed E-state index contributed by atoms with van der Waals surface area (Å²) in [7, 11) is 2.78. The molecule has 0 saturated carbocycles. The molecule has 0 amide bonds. The number of pyridine rings is 1. The van der Waals surface area contributed by atoms with Crippen molar-refractivity contribution in [3.8, 4) is 11.5 Å². The Kier molecular flexibility index (Phi) is 2.66. The van der Waals surface area contributed by atoms with Gasteiger partial charge >= 0.3 is 5.69 Å². The third-order valence-electron chi connectivity index (χ3n) is 2.70. The van der Waals surface area contributed by atoms with Crippen molar-refractivity contribution in [1.82, 2.24) is 4.57 Å². The van der Waals surface area contributed by atoms with E-state index in [2.05, 4.69) is 0 Å². The van der Waals surface area contributed by atoms with E-state index in [1.807, 2.05) is 0 Å². The number of fused-ring (bicyclic) bond motifs is 1. The summed E-state index contributed by atoms with van der Waals surface area (Å²) in [5, 5.41) is 20.7. The molecule has 0 spiro atoms. The molecule has 18 heavy (non-hydrogen) atoms. The highest BCUT2D eigenvalue weighted by Gasteiger charge is 2.18. The van der Waals surface area contributed by atoms with Gasteiger partial charge in [0.25, 0.3) is 5.56 Å². The number of ether oxygens (including phenoxy) is 1. The summed E-state index contributed by atoms with van der Waals surface area (Å²) in [4.78, 5) is 21.8. The van der Waals surface area contributed by atoms with Crippen LogP contribution in [0.4, 0.5) is 5.69 Å². The van der Waals surface area contributed by atoms with E-state index in [9.17, 15) is 20.0 Å². The van der Waals surface area contributed by atoms with E-state index in [-0.39, 0.29) is 11.4 Å². The van der Waals surface area contributed by atoms with E-state index in [0.717, 1.165) is 0 Å². The molecule has 1 aromatic heterocycles. The van der Waals surface area contributed by atoms with Crippen LogP contribution in [-0.4, -0.2) is 21.7 Å². The molecule has 0 unspecified atom stereocenters. The highest BCUT2D eigenvalue weighted by Crippen LogP contribution is 2.32. The largest absolute Gasteiger partial charge is 0.503 e. The van der Waals surface area contributed by atoms with Crippen LogP contribution in [0.3, 0.4) is 0 Å². The predicted molar refractivity (Wildman–Crippen MR) is 64.1 cm³/mol. The van der Waals surface area contributed by atoms with Crippen LogP contribution >= 0.6 is 0 Å². The first-order chi connectivity index (χ1) is 8.45. The molecule has 1 heterocycles. The lowest BCUT2D eigenvalue weighted by molar-refractivity contribution is -0.385. The first kappa shape index (κ1) is 11.9. The third kappa shape index (κ3) is 1.65. The topological polar surface area (TPSA) is 94.6 Å². The van der Waals surface area contributed by atoms with E-state index >= 15 is 0 Å². The van der Waals surface area contributed by atoms with Gasteiger partial charge in [-0.3, -0.25) is 14.9 Å². The maximum Gasteiger partial charge on any atom is 0.311 e. The van der Waals surface area contributed by atoms with Gasteiger partial charge in [-0.1, -0.05) is 0 Å². The van der Waals surface area contributed by atoms with Gasteiger partial charge in [0.1, 0.15) is 0 Å². The Morgan fingerprint density at radius 1 is 1.39 bits per heavy atom. The number of aromatic nitrogens is 1. The number of rotatable bonds is 2. The van der Waals surface area contributed by atoms with Crippen LogP contribution in [0.2, 0.25) is 0 Å². The normalized spacial score (nSPS) is 10.6. The van der Waals surface area contributed by atoms with Crippen molar-refractivity contribution in [3.05, 3.63) is 38.7 Å². The molecule has 94 valence electrons. The number of benzene rings is 1. The summed E-state index contributed by atoms with van der Waals surface area (Å²) in [6.07, 6.45) is 0. The maximum atomic E-state index is 11.5. The summed E-state index contributed by atoms with van der Waals surface area (Å²) < 4.78 is 6.13. The summed E-state index contributed by atoms with van der Waals surface area (Å²) in [5.41, 5.74) is -0.346. The third-order valence-corrected chi connectivity index (χ3v) is 2.70. The minimum atomic E-state index is -0.583. The van der Waals surface area contributed by atoms with Crippen LogP contribution in [0.5, 0.6) is 11.5 Å². The Bertz CT molecular complexity index is 705. The van der Waals surface area contributed by atoms with Crippen molar-refractivity contribution in [2.75, 3.05) is 7.11 Å². The Balaban J connectivity index is 2.92. The zero-order chi connectivity index (χ0) is 13.4. The second-order valence-electron chi connectivity index (χ2n) is 3.73. The molecule has 0 bridgehead atoms. The van der Waals surface area contributed by atoms with E-state index < -0.39 is 16.2 Å². The highest BCUT2D eigenvalue weighted by molar-refractivity contribution is 5.85. The van der Waals surface area contributed by atoms with Crippen molar-refractivity contribution < 1.29 is 14.8 Å². The molecule has 0 aliphatic heterocycles. The first-order valence-electron chi connectivity index (χ1n) is 5.01. The average Bonchev–Trinajstić information content (AvgIpc) is 2.34. The molecule has 2 aromatic rings. The fourth-order valence-corrected chi connectivity index (χ4v) is 1.78. The molecule has 7 heteroatoms. The van der Waals surface area contributed by atoms with Gasteiger partial charge in [-0.25, -0.2) is 0 Å². The van der Waals surface area contributed by atoms with E-state index in [4.69, 9.17) is 4.74 Å². The molecule has 0 saturated heterocycles. The molecular formula is C11H10N2O5. The number of aromatic hydroxyl groups is 1. The van der Waals surface area contributed by atoms with Crippen LogP contribution < -0.4 is 10.3 Å². The molecule has 0 radical (unpaired) electrons. The minimum absolute atomic E-state index is 0.0631.